The lowest BCUT2D eigenvalue weighted by Crippen LogP contribution is -2.29. The molecule has 4 rings (SSSR count). The SMILES string of the molecule is CN1CCC(c2c[nH]c3ccc(CCS(=O)(=O)c4ccccc4)cc23)CC1. The molecule has 4 nitrogen and oxygen atoms in total. The third-order valence-electron chi connectivity index (χ3n) is 5.70. The second kappa shape index (κ2) is 7.49. The largest absolute Gasteiger partial charge is 0.361 e. The molecule has 1 fully saturated rings. The van der Waals surface area contributed by atoms with E-state index in [2.05, 4.69) is 35.3 Å². The second-order valence-electron chi connectivity index (χ2n) is 7.58. The van der Waals surface area contributed by atoms with Gasteiger partial charge in [-0.2, -0.15) is 0 Å². The number of aromatic amines is 1. The van der Waals surface area contributed by atoms with Crippen molar-refractivity contribution in [2.75, 3.05) is 25.9 Å². The molecule has 142 valence electrons. The highest BCUT2D eigenvalue weighted by Gasteiger charge is 2.21. The number of hydrogen-bond acceptors (Lipinski definition) is 3. The molecular weight excluding hydrogens is 356 g/mol. The zero-order valence-electron chi connectivity index (χ0n) is 15.7. The smallest absolute Gasteiger partial charge is 0.178 e. The van der Waals surface area contributed by atoms with Gasteiger partial charge in [0.25, 0.3) is 0 Å². The summed E-state index contributed by atoms with van der Waals surface area (Å²) in [6.07, 6.45) is 5.03. The molecule has 1 aromatic heterocycles. The molecule has 1 N–H and O–H groups in total. The topological polar surface area (TPSA) is 53.2 Å². The summed E-state index contributed by atoms with van der Waals surface area (Å²) in [4.78, 5) is 6.17. The van der Waals surface area contributed by atoms with Gasteiger partial charge in [-0.1, -0.05) is 24.3 Å². The normalized spacial score (nSPS) is 16.8. The fourth-order valence-corrected chi connectivity index (χ4v) is 5.31. The van der Waals surface area contributed by atoms with Gasteiger partial charge >= 0.3 is 0 Å². The number of hydrogen-bond donors (Lipinski definition) is 1. The van der Waals surface area contributed by atoms with Gasteiger partial charge in [0.15, 0.2) is 9.84 Å². The molecule has 2 aromatic carbocycles. The van der Waals surface area contributed by atoms with Crippen LogP contribution >= 0.6 is 0 Å². The Hall–Kier alpha value is -2.11. The molecule has 0 amide bonds. The van der Waals surface area contributed by atoms with Crippen molar-refractivity contribution >= 4 is 20.7 Å². The van der Waals surface area contributed by atoms with E-state index in [1.807, 2.05) is 12.1 Å². The molecule has 0 atom stereocenters. The van der Waals surface area contributed by atoms with Crippen molar-refractivity contribution in [2.45, 2.75) is 30.1 Å². The lowest BCUT2D eigenvalue weighted by Gasteiger charge is -2.28. The van der Waals surface area contributed by atoms with Gasteiger partial charge in [-0.15, -0.1) is 0 Å². The molecule has 3 aromatic rings. The van der Waals surface area contributed by atoms with Gasteiger partial charge < -0.3 is 9.88 Å². The Morgan fingerprint density at radius 1 is 1.07 bits per heavy atom. The van der Waals surface area contributed by atoms with Crippen LogP contribution in [0.15, 0.2) is 59.6 Å². The van der Waals surface area contributed by atoms with Crippen molar-refractivity contribution in [3.05, 3.63) is 65.9 Å². The highest BCUT2D eigenvalue weighted by Crippen LogP contribution is 2.33. The standard InChI is InChI=1S/C22H26N2O2S/c1-24-12-9-18(10-13-24)21-16-23-22-8-7-17(15-20(21)22)11-14-27(25,26)19-5-3-2-4-6-19/h2-8,15-16,18,23H,9-14H2,1H3. The van der Waals surface area contributed by atoms with Gasteiger partial charge in [0.2, 0.25) is 0 Å². The Kier molecular flexibility index (Phi) is 5.06. The summed E-state index contributed by atoms with van der Waals surface area (Å²) in [5.74, 6) is 0.717. The maximum atomic E-state index is 12.6. The fraction of sp³-hybridized carbons (Fsp3) is 0.364. The summed E-state index contributed by atoms with van der Waals surface area (Å²) in [5, 5.41) is 1.25. The number of H-pyrrole nitrogens is 1. The van der Waals surface area contributed by atoms with E-state index in [4.69, 9.17) is 0 Å². The molecule has 0 bridgehead atoms. The monoisotopic (exact) mass is 382 g/mol. The Bertz CT molecular complexity index is 1020. The molecule has 1 aliphatic rings. The average Bonchev–Trinajstić information content (AvgIpc) is 3.11. The Morgan fingerprint density at radius 2 is 1.81 bits per heavy atom. The summed E-state index contributed by atoms with van der Waals surface area (Å²) in [6, 6.07) is 15.0. The number of nitrogens with one attached hydrogen (secondary N) is 1. The van der Waals surface area contributed by atoms with Gasteiger partial charge in [-0.3, -0.25) is 0 Å². The molecule has 0 saturated carbocycles. The number of piperidine rings is 1. The van der Waals surface area contributed by atoms with E-state index in [0.29, 0.717) is 17.2 Å². The molecule has 0 radical (unpaired) electrons. The maximum absolute atomic E-state index is 12.6. The lowest BCUT2D eigenvalue weighted by atomic mass is 9.89. The maximum Gasteiger partial charge on any atom is 0.178 e. The Labute approximate surface area is 161 Å². The zero-order chi connectivity index (χ0) is 18.9. The first-order valence-corrected chi connectivity index (χ1v) is 11.2. The molecule has 1 aliphatic heterocycles. The Morgan fingerprint density at radius 3 is 2.56 bits per heavy atom. The van der Waals surface area contributed by atoms with Gasteiger partial charge in [0.1, 0.15) is 0 Å². The number of nitrogens with zero attached hydrogens (tertiary/aromatic N) is 1. The minimum absolute atomic E-state index is 0.135. The predicted octanol–water partition coefficient (Wildman–Crippen LogP) is 3.99. The molecule has 0 aliphatic carbocycles. The summed E-state index contributed by atoms with van der Waals surface area (Å²) >= 11 is 0. The second-order valence-corrected chi connectivity index (χ2v) is 9.69. The summed E-state index contributed by atoms with van der Waals surface area (Å²) in [5.41, 5.74) is 3.60. The van der Waals surface area contributed by atoms with Crippen LogP contribution in [0.1, 0.15) is 29.9 Å². The van der Waals surface area contributed by atoms with Crippen LogP contribution in [0.25, 0.3) is 10.9 Å². The minimum atomic E-state index is -3.25. The van der Waals surface area contributed by atoms with Crippen LogP contribution in [-0.4, -0.2) is 44.2 Å². The third kappa shape index (κ3) is 3.94. The number of sulfone groups is 1. The van der Waals surface area contributed by atoms with Crippen molar-refractivity contribution in [3.8, 4) is 0 Å². The number of aromatic nitrogens is 1. The van der Waals surface area contributed by atoms with Crippen molar-refractivity contribution in [1.82, 2.24) is 9.88 Å². The first-order chi connectivity index (χ1) is 13.0. The van der Waals surface area contributed by atoms with E-state index < -0.39 is 9.84 Å². The van der Waals surface area contributed by atoms with Crippen molar-refractivity contribution in [3.63, 3.8) is 0 Å². The zero-order valence-corrected chi connectivity index (χ0v) is 16.5. The summed E-state index contributed by atoms with van der Waals surface area (Å²) in [6.45, 7) is 2.26. The van der Waals surface area contributed by atoms with E-state index in [1.165, 1.54) is 23.8 Å². The lowest BCUT2D eigenvalue weighted by molar-refractivity contribution is 0.256. The van der Waals surface area contributed by atoms with Crippen LogP contribution in [-0.2, 0) is 16.3 Å². The van der Waals surface area contributed by atoms with E-state index in [-0.39, 0.29) is 5.75 Å². The van der Waals surface area contributed by atoms with Crippen LogP contribution in [0, 0.1) is 0 Å². The molecule has 0 unspecified atom stereocenters. The van der Waals surface area contributed by atoms with E-state index in [0.717, 1.165) is 24.2 Å². The van der Waals surface area contributed by atoms with Crippen molar-refractivity contribution < 1.29 is 8.42 Å². The van der Waals surface area contributed by atoms with Crippen LogP contribution in [0.3, 0.4) is 0 Å². The third-order valence-corrected chi connectivity index (χ3v) is 7.43. The van der Waals surface area contributed by atoms with E-state index >= 15 is 0 Å². The highest BCUT2D eigenvalue weighted by molar-refractivity contribution is 7.91. The number of likely N-dealkylation sites (tertiary alicyclic amines) is 1. The van der Waals surface area contributed by atoms with Crippen molar-refractivity contribution in [1.29, 1.82) is 0 Å². The summed E-state index contributed by atoms with van der Waals surface area (Å²) in [7, 11) is -1.07. The molecular formula is C22H26N2O2S. The number of benzene rings is 2. The first kappa shape index (κ1) is 18.3. The van der Waals surface area contributed by atoms with Gasteiger partial charge in [-0.05, 0) is 80.7 Å². The fourth-order valence-electron chi connectivity index (χ4n) is 4.00. The Balaban J connectivity index is 1.54. The molecule has 5 heteroatoms. The number of fused-ring (bicyclic) bond motifs is 1. The molecule has 1 saturated heterocycles. The van der Waals surface area contributed by atoms with Crippen LogP contribution in [0.5, 0.6) is 0 Å². The van der Waals surface area contributed by atoms with Crippen LogP contribution < -0.4 is 0 Å². The molecule has 0 spiro atoms. The highest BCUT2D eigenvalue weighted by atomic mass is 32.2. The minimum Gasteiger partial charge on any atom is -0.361 e. The average molecular weight is 383 g/mol. The quantitative estimate of drug-likeness (QED) is 0.726. The van der Waals surface area contributed by atoms with Gasteiger partial charge in [-0.25, -0.2) is 8.42 Å². The van der Waals surface area contributed by atoms with E-state index in [1.54, 1.807) is 24.3 Å². The number of aryl methyl sites for hydroxylation is 1. The predicted molar refractivity (Wildman–Crippen MR) is 110 cm³/mol. The molecule has 2 heterocycles. The van der Waals surface area contributed by atoms with Crippen molar-refractivity contribution in [2.24, 2.45) is 0 Å². The number of rotatable bonds is 5. The van der Waals surface area contributed by atoms with Gasteiger partial charge in [0.05, 0.1) is 10.6 Å². The molecule has 27 heavy (non-hydrogen) atoms. The first-order valence-electron chi connectivity index (χ1n) is 9.59. The summed E-state index contributed by atoms with van der Waals surface area (Å²) < 4.78 is 25.1. The van der Waals surface area contributed by atoms with Crippen LogP contribution in [0.2, 0.25) is 0 Å². The van der Waals surface area contributed by atoms with Gasteiger partial charge in [0, 0.05) is 17.1 Å². The van der Waals surface area contributed by atoms with E-state index in [9.17, 15) is 8.42 Å². The van der Waals surface area contributed by atoms with Crippen LogP contribution in [0.4, 0.5) is 0 Å².